The molecule has 0 aliphatic carbocycles. The van der Waals surface area contributed by atoms with Gasteiger partial charge in [0, 0.05) is 35.5 Å². The minimum Gasteiger partial charge on any atom is -0.345 e. The Kier molecular flexibility index (Phi) is 7.15. The van der Waals surface area contributed by atoms with Crippen molar-refractivity contribution in [3.8, 4) is 22.3 Å². The van der Waals surface area contributed by atoms with E-state index in [2.05, 4.69) is 181 Å². The van der Waals surface area contributed by atoms with E-state index in [0.29, 0.717) is 0 Å². The number of benzene rings is 6. The number of hydrogen-bond acceptors (Lipinski definition) is 2. The van der Waals surface area contributed by atoms with Crippen LogP contribution in [-0.4, -0.2) is 7.05 Å². The Morgan fingerprint density at radius 1 is 0.350 bits per heavy atom. The Morgan fingerprint density at radius 2 is 0.775 bits per heavy atom. The number of para-hydroxylation sites is 1. The van der Waals surface area contributed by atoms with Gasteiger partial charge < -0.3 is 9.80 Å². The van der Waals surface area contributed by atoms with Gasteiger partial charge in [-0.05, 0) is 89.8 Å². The van der Waals surface area contributed by atoms with Gasteiger partial charge in [-0.15, -0.1) is 0 Å². The maximum Gasteiger partial charge on any atom is 0.0467 e. The van der Waals surface area contributed by atoms with Gasteiger partial charge in [-0.25, -0.2) is 0 Å². The molecule has 40 heavy (non-hydrogen) atoms. The van der Waals surface area contributed by atoms with Crippen LogP contribution in [-0.2, 0) is 0 Å². The summed E-state index contributed by atoms with van der Waals surface area (Å²) >= 11 is 0. The lowest BCUT2D eigenvalue weighted by Crippen LogP contribution is -2.10. The molecule has 6 aromatic carbocycles. The van der Waals surface area contributed by atoms with E-state index in [0.717, 1.165) is 22.7 Å². The molecule has 0 unspecified atom stereocenters. The van der Waals surface area contributed by atoms with E-state index in [4.69, 9.17) is 0 Å². The van der Waals surface area contributed by atoms with Gasteiger partial charge in [-0.1, -0.05) is 103 Å². The van der Waals surface area contributed by atoms with Gasteiger partial charge >= 0.3 is 0 Å². The molecule has 0 atom stereocenters. The van der Waals surface area contributed by atoms with Gasteiger partial charge in [0.25, 0.3) is 0 Å². The molecule has 6 rings (SSSR count). The highest BCUT2D eigenvalue weighted by Gasteiger charge is 2.13. The minimum absolute atomic E-state index is 1.12. The van der Waals surface area contributed by atoms with Crippen LogP contribution < -0.4 is 9.80 Å². The molecule has 0 spiro atoms. The molecule has 6 aromatic rings. The topological polar surface area (TPSA) is 6.48 Å². The minimum atomic E-state index is 1.12. The molecule has 0 aliphatic rings. The predicted octanol–water partition coefficient (Wildman–Crippen LogP) is 10.6. The highest BCUT2D eigenvalue weighted by molar-refractivity contribution is 5.81. The quantitative estimate of drug-likeness (QED) is 0.208. The fraction of sp³-hybridized carbons (Fsp3) is 0.0526. The zero-order chi connectivity index (χ0) is 27.3. The second-order valence-corrected chi connectivity index (χ2v) is 10.1. The Hall–Kier alpha value is -5.08. The highest BCUT2D eigenvalue weighted by atomic mass is 15.1. The lowest BCUT2D eigenvalue weighted by Gasteiger charge is -2.26. The van der Waals surface area contributed by atoms with E-state index in [-0.39, 0.29) is 0 Å². The van der Waals surface area contributed by atoms with Crippen LogP contribution in [0.3, 0.4) is 0 Å². The lowest BCUT2D eigenvalue weighted by atomic mass is 10.0. The van der Waals surface area contributed by atoms with Crippen molar-refractivity contribution in [2.45, 2.75) is 6.92 Å². The van der Waals surface area contributed by atoms with Crippen LogP contribution in [0.5, 0.6) is 0 Å². The third-order valence-electron chi connectivity index (χ3n) is 7.36. The molecule has 0 aromatic heterocycles. The molecule has 0 aliphatic heterocycles. The summed E-state index contributed by atoms with van der Waals surface area (Å²) in [5, 5.41) is 0. The molecule has 0 amide bonds. The lowest BCUT2D eigenvalue weighted by molar-refractivity contribution is 1.20. The van der Waals surface area contributed by atoms with Crippen LogP contribution >= 0.6 is 0 Å². The van der Waals surface area contributed by atoms with E-state index < -0.39 is 0 Å². The third kappa shape index (κ3) is 5.39. The van der Waals surface area contributed by atoms with Crippen molar-refractivity contribution in [1.82, 2.24) is 0 Å². The summed E-state index contributed by atoms with van der Waals surface area (Å²) < 4.78 is 0. The van der Waals surface area contributed by atoms with E-state index >= 15 is 0 Å². The molecule has 0 saturated heterocycles. The highest BCUT2D eigenvalue weighted by Crippen LogP contribution is 2.37. The van der Waals surface area contributed by atoms with Crippen LogP contribution in [0.15, 0.2) is 158 Å². The monoisotopic (exact) mass is 516 g/mol. The summed E-state index contributed by atoms with van der Waals surface area (Å²) in [6.45, 7) is 2.12. The molecule has 0 N–H and O–H groups in total. The van der Waals surface area contributed by atoms with Gasteiger partial charge in [-0.2, -0.15) is 0 Å². The standard InChI is InChI=1S/C38H32N2/c1-29-16-22-34(23-17-29)39(2)35-24-18-31(19-25-35)32-20-26-37(27-21-32)40(36-13-7-4-8-14-36)38-15-9-12-33(28-38)30-10-5-3-6-11-30/h3-28H,1-2H3. The summed E-state index contributed by atoms with van der Waals surface area (Å²) in [6, 6.07) is 56.1. The molecule has 2 nitrogen and oxygen atoms in total. The van der Waals surface area contributed by atoms with Crippen LogP contribution in [0.2, 0.25) is 0 Å². The molecular formula is C38H32N2. The number of nitrogens with zero attached hydrogens (tertiary/aromatic N) is 2. The average Bonchev–Trinajstić information content (AvgIpc) is 3.03. The third-order valence-corrected chi connectivity index (χ3v) is 7.36. The molecule has 0 saturated carbocycles. The first-order valence-electron chi connectivity index (χ1n) is 13.7. The zero-order valence-electron chi connectivity index (χ0n) is 22.9. The first-order chi connectivity index (χ1) is 19.7. The van der Waals surface area contributed by atoms with Gasteiger partial charge in [0.15, 0.2) is 0 Å². The van der Waals surface area contributed by atoms with E-state index in [9.17, 15) is 0 Å². The van der Waals surface area contributed by atoms with Crippen LogP contribution in [0, 0.1) is 6.92 Å². The van der Waals surface area contributed by atoms with E-state index in [1.165, 1.54) is 33.5 Å². The fourth-order valence-electron chi connectivity index (χ4n) is 5.08. The fourth-order valence-corrected chi connectivity index (χ4v) is 5.08. The van der Waals surface area contributed by atoms with Crippen molar-refractivity contribution >= 4 is 28.4 Å². The van der Waals surface area contributed by atoms with Crippen LogP contribution in [0.1, 0.15) is 5.56 Å². The summed E-state index contributed by atoms with van der Waals surface area (Å²) in [5.74, 6) is 0. The van der Waals surface area contributed by atoms with Crippen molar-refractivity contribution in [2.75, 3.05) is 16.8 Å². The number of anilines is 5. The van der Waals surface area contributed by atoms with Gasteiger partial charge in [0.2, 0.25) is 0 Å². The Labute approximate surface area is 237 Å². The van der Waals surface area contributed by atoms with Crippen molar-refractivity contribution < 1.29 is 0 Å². The maximum absolute atomic E-state index is 2.32. The van der Waals surface area contributed by atoms with Gasteiger partial charge in [0.05, 0.1) is 0 Å². The van der Waals surface area contributed by atoms with Crippen molar-refractivity contribution in [1.29, 1.82) is 0 Å². The molecular weight excluding hydrogens is 484 g/mol. The summed E-state index contributed by atoms with van der Waals surface area (Å²) in [7, 11) is 2.11. The van der Waals surface area contributed by atoms with Crippen molar-refractivity contribution in [3.63, 3.8) is 0 Å². The number of rotatable bonds is 7. The van der Waals surface area contributed by atoms with Crippen molar-refractivity contribution in [2.24, 2.45) is 0 Å². The van der Waals surface area contributed by atoms with Crippen LogP contribution in [0.4, 0.5) is 28.4 Å². The molecule has 0 fully saturated rings. The molecule has 194 valence electrons. The number of hydrogen-bond donors (Lipinski definition) is 0. The van der Waals surface area contributed by atoms with Crippen LogP contribution in [0.25, 0.3) is 22.3 Å². The zero-order valence-corrected chi connectivity index (χ0v) is 22.9. The Bertz CT molecular complexity index is 1670. The maximum atomic E-state index is 2.32. The van der Waals surface area contributed by atoms with Gasteiger partial charge in [-0.3, -0.25) is 0 Å². The van der Waals surface area contributed by atoms with E-state index in [1.807, 2.05) is 0 Å². The second kappa shape index (κ2) is 11.3. The average molecular weight is 517 g/mol. The SMILES string of the molecule is Cc1ccc(N(C)c2ccc(-c3ccc(N(c4ccccc4)c4cccc(-c5ccccc5)c4)cc3)cc2)cc1. The molecule has 2 heteroatoms. The summed E-state index contributed by atoms with van der Waals surface area (Å²) in [4.78, 5) is 4.53. The molecule has 0 radical (unpaired) electrons. The largest absolute Gasteiger partial charge is 0.345 e. The Balaban J connectivity index is 1.29. The smallest absolute Gasteiger partial charge is 0.0467 e. The van der Waals surface area contributed by atoms with E-state index in [1.54, 1.807) is 0 Å². The Morgan fingerprint density at radius 3 is 1.38 bits per heavy atom. The molecule has 0 heterocycles. The predicted molar refractivity (Wildman–Crippen MR) is 171 cm³/mol. The normalized spacial score (nSPS) is 10.8. The first kappa shape index (κ1) is 25.2. The van der Waals surface area contributed by atoms with Crippen molar-refractivity contribution in [3.05, 3.63) is 163 Å². The first-order valence-corrected chi connectivity index (χ1v) is 13.7. The van der Waals surface area contributed by atoms with Gasteiger partial charge in [0.1, 0.15) is 0 Å². The number of aryl methyl sites for hydroxylation is 1. The summed E-state index contributed by atoms with van der Waals surface area (Å²) in [6.07, 6.45) is 0. The second-order valence-electron chi connectivity index (χ2n) is 10.1. The molecule has 0 bridgehead atoms. The summed E-state index contributed by atoms with van der Waals surface area (Å²) in [5.41, 5.74) is 11.8.